The molecule has 2 saturated carbocycles. The van der Waals surface area contributed by atoms with Crippen molar-refractivity contribution in [2.24, 2.45) is 17.1 Å². The first kappa shape index (κ1) is 9.97. The number of carbonyl (C=O) groups excluding carboxylic acids is 1. The minimum atomic E-state index is -0.0778. The van der Waals surface area contributed by atoms with Gasteiger partial charge in [-0.3, -0.25) is 4.79 Å². The summed E-state index contributed by atoms with van der Waals surface area (Å²) in [6, 6.07) is 0.0280. The van der Waals surface area contributed by atoms with Crippen LogP contribution in [-0.4, -0.2) is 18.6 Å². The molecule has 2 fully saturated rings. The second-order valence-corrected chi connectivity index (χ2v) is 4.77. The molecule has 0 heterocycles. The molecule has 3 heteroatoms. The van der Waals surface area contributed by atoms with Gasteiger partial charge in [0, 0.05) is 6.04 Å². The van der Waals surface area contributed by atoms with Crippen LogP contribution in [0.15, 0.2) is 0 Å². The molecule has 2 N–H and O–H groups in total. The molecular formula is C11H19NO2. The molecule has 0 amide bonds. The lowest BCUT2D eigenvalue weighted by molar-refractivity contribution is -0.150. The summed E-state index contributed by atoms with van der Waals surface area (Å²) < 4.78 is 5.05. The van der Waals surface area contributed by atoms with Crippen molar-refractivity contribution >= 4 is 5.97 Å². The molecule has 2 atom stereocenters. The molecule has 0 unspecified atom stereocenters. The van der Waals surface area contributed by atoms with E-state index in [1.54, 1.807) is 0 Å². The minimum Gasteiger partial charge on any atom is -0.466 e. The van der Waals surface area contributed by atoms with E-state index < -0.39 is 0 Å². The number of nitrogens with two attached hydrogens (primary N) is 1. The Balaban J connectivity index is 1.97. The number of ether oxygens (including phenoxy) is 1. The molecule has 0 aromatic carbocycles. The molecular weight excluding hydrogens is 178 g/mol. The monoisotopic (exact) mass is 197 g/mol. The van der Waals surface area contributed by atoms with Gasteiger partial charge in [0.25, 0.3) is 0 Å². The van der Waals surface area contributed by atoms with Gasteiger partial charge in [0.1, 0.15) is 0 Å². The molecule has 0 radical (unpaired) electrons. The van der Waals surface area contributed by atoms with E-state index in [4.69, 9.17) is 10.5 Å². The minimum absolute atomic E-state index is 0.0280. The molecule has 14 heavy (non-hydrogen) atoms. The fourth-order valence-electron chi connectivity index (χ4n) is 2.53. The summed E-state index contributed by atoms with van der Waals surface area (Å²) in [6.45, 7) is 2.31. The lowest BCUT2D eigenvalue weighted by Gasteiger charge is -2.32. The molecule has 0 saturated heterocycles. The van der Waals surface area contributed by atoms with Crippen LogP contribution < -0.4 is 5.73 Å². The van der Waals surface area contributed by atoms with Gasteiger partial charge in [-0.15, -0.1) is 0 Å². The zero-order chi connectivity index (χ0) is 10.2. The number of rotatable bonds is 2. The number of carbonyl (C=O) groups is 1. The summed E-state index contributed by atoms with van der Waals surface area (Å²) in [6.07, 6.45) is 5.74. The molecule has 2 aliphatic carbocycles. The van der Waals surface area contributed by atoms with Gasteiger partial charge in [0.15, 0.2) is 0 Å². The van der Waals surface area contributed by atoms with Gasteiger partial charge in [-0.2, -0.15) is 0 Å². The van der Waals surface area contributed by atoms with Gasteiger partial charge < -0.3 is 10.5 Å². The molecule has 0 aromatic rings. The molecule has 0 aliphatic heterocycles. The Morgan fingerprint density at radius 3 is 2.79 bits per heavy atom. The van der Waals surface area contributed by atoms with Crippen molar-refractivity contribution in [3.05, 3.63) is 0 Å². The fraction of sp³-hybridized carbons (Fsp3) is 0.909. The summed E-state index contributed by atoms with van der Waals surface area (Å²) in [5.41, 5.74) is 6.44. The number of hydrogen-bond donors (Lipinski definition) is 1. The van der Waals surface area contributed by atoms with Gasteiger partial charge in [-0.1, -0.05) is 0 Å². The van der Waals surface area contributed by atoms with Crippen LogP contribution in [0.5, 0.6) is 0 Å². The third-order valence-corrected chi connectivity index (χ3v) is 3.72. The maximum atomic E-state index is 11.6. The van der Waals surface area contributed by atoms with Crippen LogP contribution in [0.4, 0.5) is 0 Å². The standard InChI is InChI=1S/C11H19NO2/c1-2-14-10(13)8-7-11(5-6-11)4-3-9(8)12/h8-9H,2-7,12H2,1H3/t8-,9+/m1/s1. The van der Waals surface area contributed by atoms with E-state index >= 15 is 0 Å². The SMILES string of the molecule is CCOC(=O)[C@@H]1CC2(CC[C@@H]1N)CC2. The summed E-state index contributed by atoms with van der Waals surface area (Å²) >= 11 is 0. The van der Waals surface area contributed by atoms with Crippen LogP contribution in [-0.2, 0) is 9.53 Å². The van der Waals surface area contributed by atoms with Crippen LogP contribution in [0.1, 0.15) is 39.0 Å². The quantitative estimate of drug-likeness (QED) is 0.682. The average molecular weight is 197 g/mol. The molecule has 80 valence electrons. The smallest absolute Gasteiger partial charge is 0.310 e. The van der Waals surface area contributed by atoms with Crippen molar-refractivity contribution in [3.8, 4) is 0 Å². The molecule has 0 bridgehead atoms. The Labute approximate surface area is 85.0 Å². The Morgan fingerprint density at radius 2 is 2.21 bits per heavy atom. The van der Waals surface area contributed by atoms with Crippen LogP contribution >= 0.6 is 0 Å². The lowest BCUT2D eigenvalue weighted by Crippen LogP contribution is -2.42. The van der Waals surface area contributed by atoms with E-state index in [9.17, 15) is 4.79 Å². The summed E-state index contributed by atoms with van der Waals surface area (Å²) in [5.74, 6) is -0.114. The number of esters is 1. The normalized spacial score (nSPS) is 34.1. The van der Waals surface area contributed by atoms with Crippen molar-refractivity contribution in [2.45, 2.75) is 45.1 Å². The van der Waals surface area contributed by atoms with Gasteiger partial charge >= 0.3 is 5.97 Å². The van der Waals surface area contributed by atoms with Crippen molar-refractivity contribution in [1.82, 2.24) is 0 Å². The van der Waals surface area contributed by atoms with Gasteiger partial charge in [0.05, 0.1) is 12.5 Å². The average Bonchev–Trinajstić information content (AvgIpc) is 2.91. The van der Waals surface area contributed by atoms with E-state index in [1.165, 1.54) is 19.3 Å². The molecule has 1 spiro atoms. The van der Waals surface area contributed by atoms with Crippen LogP contribution in [0, 0.1) is 11.3 Å². The molecule has 0 aromatic heterocycles. The largest absolute Gasteiger partial charge is 0.466 e. The Bertz CT molecular complexity index is 235. The lowest BCUT2D eigenvalue weighted by atomic mass is 9.76. The van der Waals surface area contributed by atoms with Gasteiger partial charge in [-0.25, -0.2) is 0 Å². The topological polar surface area (TPSA) is 52.3 Å². The van der Waals surface area contributed by atoms with E-state index in [2.05, 4.69) is 0 Å². The van der Waals surface area contributed by atoms with Gasteiger partial charge in [0.2, 0.25) is 0 Å². The first-order valence-corrected chi connectivity index (χ1v) is 5.59. The zero-order valence-electron chi connectivity index (χ0n) is 8.79. The highest BCUT2D eigenvalue weighted by atomic mass is 16.5. The summed E-state index contributed by atoms with van der Waals surface area (Å²) in [5, 5.41) is 0. The van der Waals surface area contributed by atoms with Crippen molar-refractivity contribution in [1.29, 1.82) is 0 Å². The molecule has 3 nitrogen and oxygen atoms in total. The maximum Gasteiger partial charge on any atom is 0.310 e. The molecule has 2 rings (SSSR count). The predicted octanol–water partition coefficient (Wildman–Crippen LogP) is 1.46. The van der Waals surface area contributed by atoms with E-state index in [1.807, 2.05) is 6.92 Å². The van der Waals surface area contributed by atoms with E-state index in [0.717, 1.165) is 12.8 Å². The highest BCUT2D eigenvalue weighted by molar-refractivity contribution is 5.73. The second kappa shape index (κ2) is 3.54. The van der Waals surface area contributed by atoms with Crippen molar-refractivity contribution < 1.29 is 9.53 Å². The summed E-state index contributed by atoms with van der Waals surface area (Å²) in [4.78, 5) is 11.6. The third-order valence-electron chi connectivity index (χ3n) is 3.72. The highest BCUT2D eigenvalue weighted by Crippen LogP contribution is 2.57. The van der Waals surface area contributed by atoms with Crippen molar-refractivity contribution in [3.63, 3.8) is 0 Å². The van der Waals surface area contributed by atoms with Crippen LogP contribution in [0.2, 0.25) is 0 Å². The zero-order valence-corrected chi connectivity index (χ0v) is 8.79. The maximum absolute atomic E-state index is 11.6. The van der Waals surface area contributed by atoms with E-state index in [-0.39, 0.29) is 17.9 Å². The van der Waals surface area contributed by atoms with Gasteiger partial charge in [-0.05, 0) is 44.4 Å². The first-order chi connectivity index (χ1) is 6.67. The Hall–Kier alpha value is -0.570. The van der Waals surface area contributed by atoms with E-state index in [0.29, 0.717) is 12.0 Å². The van der Waals surface area contributed by atoms with Crippen LogP contribution in [0.3, 0.4) is 0 Å². The second-order valence-electron chi connectivity index (χ2n) is 4.77. The predicted molar refractivity (Wildman–Crippen MR) is 53.6 cm³/mol. The number of hydrogen-bond acceptors (Lipinski definition) is 3. The van der Waals surface area contributed by atoms with Crippen molar-refractivity contribution in [2.75, 3.05) is 6.61 Å². The van der Waals surface area contributed by atoms with Crippen LogP contribution in [0.25, 0.3) is 0 Å². The highest BCUT2D eigenvalue weighted by Gasteiger charge is 2.50. The third kappa shape index (κ3) is 1.78. The summed E-state index contributed by atoms with van der Waals surface area (Å²) in [7, 11) is 0. The molecule has 2 aliphatic rings. The fourth-order valence-corrected chi connectivity index (χ4v) is 2.53. The Morgan fingerprint density at radius 1 is 1.50 bits per heavy atom. The Kier molecular flexibility index (Phi) is 2.52. The first-order valence-electron chi connectivity index (χ1n) is 5.59.